The van der Waals surface area contributed by atoms with E-state index in [2.05, 4.69) is 26.3 Å². The molecule has 0 radical (unpaired) electrons. The van der Waals surface area contributed by atoms with Crippen molar-refractivity contribution in [1.29, 1.82) is 0 Å². The highest BCUT2D eigenvalue weighted by atomic mass is 16.2. The van der Waals surface area contributed by atoms with Crippen LogP contribution in [0, 0.1) is 13.8 Å². The maximum absolute atomic E-state index is 11.5. The maximum Gasteiger partial charge on any atom is 0.315 e. The van der Waals surface area contributed by atoms with Crippen LogP contribution in [0.3, 0.4) is 0 Å². The van der Waals surface area contributed by atoms with E-state index in [1.807, 2.05) is 33.8 Å². The Bertz CT molecular complexity index is 488. The summed E-state index contributed by atoms with van der Waals surface area (Å²) in [6.07, 6.45) is 0. The van der Waals surface area contributed by atoms with Crippen LogP contribution in [-0.4, -0.2) is 30.1 Å². The summed E-state index contributed by atoms with van der Waals surface area (Å²) in [6, 6.07) is 1.56. The van der Waals surface area contributed by atoms with Crippen molar-refractivity contribution in [3.8, 4) is 0 Å². The lowest BCUT2D eigenvalue weighted by atomic mass is 10.1. The first-order valence-electron chi connectivity index (χ1n) is 7.47. The minimum atomic E-state index is -0.204. The Morgan fingerprint density at radius 1 is 0.864 bits per heavy atom. The van der Waals surface area contributed by atoms with Crippen molar-refractivity contribution in [2.24, 2.45) is 0 Å². The molecule has 4 N–H and O–H groups in total. The molecule has 0 bridgehead atoms. The van der Waals surface area contributed by atoms with Gasteiger partial charge < -0.3 is 21.3 Å². The highest BCUT2D eigenvalue weighted by Crippen LogP contribution is 2.12. The summed E-state index contributed by atoms with van der Waals surface area (Å²) in [5, 5.41) is 10.9. The first-order valence-corrected chi connectivity index (χ1v) is 7.47. The number of amides is 4. The zero-order valence-corrected chi connectivity index (χ0v) is 13.7. The van der Waals surface area contributed by atoms with Crippen LogP contribution in [0.25, 0.3) is 0 Å². The van der Waals surface area contributed by atoms with Gasteiger partial charge in [0, 0.05) is 37.6 Å². The topological polar surface area (TPSA) is 95.2 Å². The van der Waals surface area contributed by atoms with Gasteiger partial charge in [0.25, 0.3) is 0 Å². The fourth-order valence-electron chi connectivity index (χ4n) is 1.97. The van der Waals surface area contributed by atoms with E-state index < -0.39 is 0 Å². The largest absolute Gasteiger partial charge is 0.338 e. The maximum atomic E-state index is 11.5. The Morgan fingerprint density at radius 2 is 1.27 bits per heavy atom. The molecule has 7 heteroatoms. The molecule has 0 saturated heterocycles. The molecule has 0 fully saturated rings. The van der Waals surface area contributed by atoms with Gasteiger partial charge in [0.1, 0.15) is 0 Å². The van der Waals surface area contributed by atoms with E-state index in [9.17, 15) is 9.59 Å². The van der Waals surface area contributed by atoms with Gasteiger partial charge in [-0.25, -0.2) is 9.59 Å². The molecule has 0 aliphatic heterocycles. The summed E-state index contributed by atoms with van der Waals surface area (Å²) >= 11 is 0. The highest BCUT2D eigenvalue weighted by molar-refractivity contribution is 5.74. The summed E-state index contributed by atoms with van der Waals surface area (Å²) < 4.78 is 0. The molecule has 0 aromatic carbocycles. The third kappa shape index (κ3) is 5.59. The zero-order valence-electron chi connectivity index (χ0n) is 13.7. The second-order valence-corrected chi connectivity index (χ2v) is 4.90. The predicted molar refractivity (Wildman–Crippen MR) is 85.5 cm³/mol. The van der Waals surface area contributed by atoms with E-state index in [1.54, 1.807) is 0 Å². The average molecular weight is 307 g/mol. The van der Waals surface area contributed by atoms with Gasteiger partial charge in [-0.1, -0.05) is 0 Å². The molecule has 1 rings (SSSR count). The van der Waals surface area contributed by atoms with Gasteiger partial charge in [0.15, 0.2) is 0 Å². The van der Waals surface area contributed by atoms with Crippen molar-refractivity contribution in [3.63, 3.8) is 0 Å². The molecule has 0 spiro atoms. The molecule has 1 heterocycles. The van der Waals surface area contributed by atoms with Crippen LogP contribution in [0.5, 0.6) is 0 Å². The Hall–Kier alpha value is -2.31. The molecule has 0 atom stereocenters. The number of rotatable bonds is 6. The number of carbonyl (C=O) groups excluding carboxylic acids is 2. The van der Waals surface area contributed by atoms with Crippen molar-refractivity contribution in [2.45, 2.75) is 40.8 Å². The summed E-state index contributed by atoms with van der Waals surface area (Å²) in [6.45, 7) is 9.51. The molecule has 0 unspecified atom stereocenters. The molecule has 22 heavy (non-hydrogen) atoms. The van der Waals surface area contributed by atoms with Crippen molar-refractivity contribution >= 4 is 12.1 Å². The molecule has 4 amide bonds. The molecular formula is C15H25N5O2. The van der Waals surface area contributed by atoms with Gasteiger partial charge in [-0.15, -0.1) is 0 Å². The number of aromatic nitrogens is 1. The second-order valence-electron chi connectivity index (χ2n) is 4.90. The molecule has 0 aliphatic rings. The Balaban J connectivity index is 2.72. The van der Waals surface area contributed by atoms with Crippen molar-refractivity contribution in [3.05, 3.63) is 28.6 Å². The molecule has 122 valence electrons. The normalized spacial score (nSPS) is 10.0. The lowest BCUT2D eigenvalue weighted by Crippen LogP contribution is -2.35. The van der Waals surface area contributed by atoms with Crippen molar-refractivity contribution in [2.75, 3.05) is 13.1 Å². The van der Waals surface area contributed by atoms with Crippen LogP contribution >= 0.6 is 0 Å². The van der Waals surface area contributed by atoms with Gasteiger partial charge in [-0.3, -0.25) is 4.98 Å². The second kappa shape index (κ2) is 8.86. The van der Waals surface area contributed by atoms with Crippen LogP contribution in [0.2, 0.25) is 0 Å². The third-order valence-corrected chi connectivity index (χ3v) is 3.17. The molecule has 0 aliphatic carbocycles. The van der Waals surface area contributed by atoms with E-state index in [1.165, 1.54) is 0 Å². The van der Waals surface area contributed by atoms with E-state index in [0.29, 0.717) is 26.2 Å². The van der Waals surface area contributed by atoms with E-state index >= 15 is 0 Å². The van der Waals surface area contributed by atoms with Crippen LogP contribution < -0.4 is 21.3 Å². The molecule has 7 nitrogen and oxygen atoms in total. The van der Waals surface area contributed by atoms with Crippen molar-refractivity contribution in [1.82, 2.24) is 26.3 Å². The fraction of sp³-hybridized carbons (Fsp3) is 0.533. The van der Waals surface area contributed by atoms with Crippen LogP contribution in [-0.2, 0) is 13.1 Å². The third-order valence-electron chi connectivity index (χ3n) is 3.17. The zero-order chi connectivity index (χ0) is 16.5. The quantitative estimate of drug-likeness (QED) is 0.638. The number of nitrogens with zero attached hydrogens (tertiary/aromatic N) is 1. The summed E-state index contributed by atoms with van der Waals surface area (Å²) in [4.78, 5) is 27.4. The minimum Gasteiger partial charge on any atom is -0.338 e. The minimum absolute atomic E-state index is 0.204. The lowest BCUT2D eigenvalue weighted by Gasteiger charge is -2.13. The standard InChI is InChI=1S/C15H25N5O2/c1-5-16-14(21)18-8-12-7-13(11(4)20-10(12)3)9-19-15(22)17-6-2/h7H,5-6,8-9H2,1-4H3,(H2,16,18,21)(H2,17,19,22). The van der Waals surface area contributed by atoms with Crippen molar-refractivity contribution < 1.29 is 9.59 Å². The Morgan fingerprint density at radius 3 is 1.64 bits per heavy atom. The van der Waals surface area contributed by atoms with E-state index in [-0.39, 0.29) is 12.1 Å². The van der Waals surface area contributed by atoms with Gasteiger partial charge in [0.2, 0.25) is 0 Å². The van der Waals surface area contributed by atoms with Gasteiger partial charge in [-0.05, 0) is 44.9 Å². The number of pyridine rings is 1. The van der Waals surface area contributed by atoms with Gasteiger partial charge in [-0.2, -0.15) is 0 Å². The number of carbonyl (C=O) groups is 2. The summed E-state index contributed by atoms with van der Waals surface area (Å²) in [5.41, 5.74) is 3.61. The molecule has 1 aromatic rings. The van der Waals surface area contributed by atoms with Crippen LogP contribution in [0.1, 0.15) is 36.4 Å². The predicted octanol–water partition coefficient (Wildman–Crippen LogP) is 1.34. The summed E-state index contributed by atoms with van der Waals surface area (Å²) in [7, 11) is 0. The number of nitrogens with one attached hydrogen (secondary N) is 4. The Labute approximate surface area is 131 Å². The number of hydrogen-bond donors (Lipinski definition) is 4. The molecule has 1 aromatic heterocycles. The molecule has 0 saturated carbocycles. The average Bonchev–Trinajstić information content (AvgIpc) is 2.46. The Kier molecular flexibility index (Phi) is 7.15. The fourth-order valence-corrected chi connectivity index (χ4v) is 1.97. The first-order chi connectivity index (χ1) is 10.5. The SMILES string of the molecule is CCNC(=O)NCc1cc(CNC(=O)NCC)c(C)nc1C. The molecular weight excluding hydrogens is 282 g/mol. The van der Waals surface area contributed by atoms with Crippen LogP contribution in [0.4, 0.5) is 9.59 Å². The van der Waals surface area contributed by atoms with Gasteiger partial charge in [0.05, 0.1) is 0 Å². The highest BCUT2D eigenvalue weighted by Gasteiger charge is 2.08. The lowest BCUT2D eigenvalue weighted by molar-refractivity contribution is 0.240. The van der Waals surface area contributed by atoms with Crippen LogP contribution in [0.15, 0.2) is 6.07 Å². The number of aryl methyl sites for hydroxylation is 2. The number of hydrogen-bond acceptors (Lipinski definition) is 3. The smallest absolute Gasteiger partial charge is 0.315 e. The van der Waals surface area contributed by atoms with E-state index in [0.717, 1.165) is 22.5 Å². The van der Waals surface area contributed by atoms with E-state index in [4.69, 9.17) is 0 Å². The first kappa shape index (κ1) is 17.7. The summed E-state index contributed by atoms with van der Waals surface area (Å²) in [5.74, 6) is 0. The monoisotopic (exact) mass is 307 g/mol. The van der Waals surface area contributed by atoms with Gasteiger partial charge >= 0.3 is 12.1 Å². The number of urea groups is 2.